The second kappa shape index (κ2) is 7.46. The number of rotatable bonds is 3. The van der Waals surface area contributed by atoms with Crippen LogP contribution < -0.4 is 5.32 Å². The Balaban J connectivity index is 1.50. The average Bonchev–Trinajstić information content (AvgIpc) is 2.63. The zero-order valence-corrected chi connectivity index (χ0v) is 16.7. The fourth-order valence-corrected chi connectivity index (χ4v) is 7.10. The highest BCUT2D eigenvalue weighted by atomic mass is 32.2. The summed E-state index contributed by atoms with van der Waals surface area (Å²) < 4.78 is 24.8. The molecule has 3 fully saturated rings. The summed E-state index contributed by atoms with van der Waals surface area (Å²) in [5.41, 5.74) is 1.15. The summed E-state index contributed by atoms with van der Waals surface area (Å²) in [6.07, 6.45) is 7.88. The summed E-state index contributed by atoms with van der Waals surface area (Å²) in [6, 6.07) is 10.1. The van der Waals surface area contributed by atoms with Crippen molar-refractivity contribution < 1.29 is 13.2 Å². The molecule has 1 aromatic rings. The SMILES string of the molecule is O=C(NC(c1ccccc1)C1CCC1)N1CCS(=O)(=O)C2(CCCCC2)C1. The minimum atomic E-state index is -3.12. The van der Waals surface area contributed by atoms with Crippen LogP contribution in [-0.2, 0) is 9.84 Å². The molecular weight excluding hydrogens is 360 g/mol. The van der Waals surface area contributed by atoms with Crippen molar-refractivity contribution in [1.82, 2.24) is 10.2 Å². The number of carbonyl (C=O) groups is 1. The number of hydrogen-bond acceptors (Lipinski definition) is 3. The predicted molar refractivity (Wildman–Crippen MR) is 106 cm³/mol. The van der Waals surface area contributed by atoms with Crippen LogP contribution in [-0.4, -0.2) is 42.9 Å². The van der Waals surface area contributed by atoms with Gasteiger partial charge in [0.1, 0.15) is 0 Å². The molecule has 2 aliphatic carbocycles. The van der Waals surface area contributed by atoms with E-state index in [1.54, 1.807) is 4.90 Å². The van der Waals surface area contributed by atoms with Crippen LogP contribution in [0, 0.1) is 5.92 Å². The molecule has 2 amide bonds. The van der Waals surface area contributed by atoms with Gasteiger partial charge in [0.15, 0.2) is 9.84 Å². The van der Waals surface area contributed by atoms with Crippen LogP contribution in [0.5, 0.6) is 0 Å². The van der Waals surface area contributed by atoms with E-state index in [4.69, 9.17) is 0 Å². The summed E-state index contributed by atoms with van der Waals surface area (Å²) >= 11 is 0. The molecule has 1 aromatic carbocycles. The van der Waals surface area contributed by atoms with Crippen molar-refractivity contribution in [3.05, 3.63) is 35.9 Å². The monoisotopic (exact) mass is 390 g/mol. The minimum Gasteiger partial charge on any atom is -0.331 e. The smallest absolute Gasteiger partial charge is 0.317 e. The van der Waals surface area contributed by atoms with Crippen molar-refractivity contribution in [1.29, 1.82) is 0 Å². The summed E-state index contributed by atoms with van der Waals surface area (Å²) in [7, 11) is -3.12. The second-order valence-electron chi connectivity index (χ2n) is 8.51. The van der Waals surface area contributed by atoms with E-state index in [1.165, 1.54) is 6.42 Å². The molecule has 148 valence electrons. The van der Waals surface area contributed by atoms with E-state index in [2.05, 4.69) is 17.4 Å². The highest BCUT2D eigenvalue weighted by Gasteiger charge is 2.49. The topological polar surface area (TPSA) is 66.5 Å². The summed E-state index contributed by atoms with van der Waals surface area (Å²) in [5, 5.41) is 3.25. The van der Waals surface area contributed by atoms with Crippen molar-refractivity contribution >= 4 is 15.9 Å². The fraction of sp³-hybridized carbons (Fsp3) is 0.667. The predicted octanol–water partition coefficient (Wildman–Crippen LogP) is 3.67. The van der Waals surface area contributed by atoms with Crippen molar-refractivity contribution in [3.63, 3.8) is 0 Å². The number of nitrogens with zero attached hydrogens (tertiary/aromatic N) is 1. The van der Waals surface area contributed by atoms with E-state index in [1.807, 2.05) is 18.2 Å². The van der Waals surface area contributed by atoms with Gasteiger partial charge in [-0.15, -0.1) is 0 Å². The standard InChI is InChI=1S/C21H30N2O3S/c24-20(22-19(18-10-7-11-18)17-8-3-1-4-9-17)23-14-15-27(25,26)21(16-23)12-5-2-6-13-21/h1,3-4,8-9,18-19H,2,5-7,10-16H2,(H,22,24). The zero-order valence-electron chi connectivity index (χ0n) is 15.9. The van der Waals surface area contributed by atoms with Crippen LogP contribution in [0.2, 0.25) is 0 Å². The summed E-state index contributed by atoms with van der Waals surface area (Å²) in [5.74, 6) is 0.577. The van der Waals surface area contributed by atoms with E-state index < -0.39 is 14.6 Å². The highest BCUT2D eigenvalue weighted by molar-refractivity contribution is 7.92. The van der Waals surface area contributed by atoms with Gasteiger partial charge >= 0.3 is 6.03 Å². The van der Waals surface area contributed by atoms with Crippen molar-refractivity contribution in [2.45, 2.75) is 62.2 Å². The van der Waals surface area contributed by atoms with Gasteiger partial charge in [-0.3, -0.25) is 0 Å². The Kier molecular flexibility index (Phi) is 5.19. The van der Waals surface area contributed by atoms with Gasteiger partial charge in [0.25, 0.3) is 0 Å². The molecule has 1 aliphatic heterocycles. The first-order valence-electron chi connectivity index (χ1n) is 10.3. The zero-order chi connectivity index (χ0) is 18.9. The molecule has 27 heavy (non-hydrogen) atoms. The molecule has 1 N–H and O–H groups in total. The van der Waals surface area contributed by atoms with Gasteiger partial charge in [-0.1, -0.05) is 56.0 Å². The van der Waals surface area contributed by atoms with Gasteiger partial charge in [0.05, 0.1) is 16.5 Å². The maximum atomic E-state index is 13.1. The van der Waals surface area contributed by atoms with Gasteiger partial charge < -0.3 is 10.2 Å². The van der Waals surface area contributed by atoms with Crippen LogP contribution >= 0.6 is 0 Å². The number of urea groups is 1. The van der Waals surface area contributed by atoms with E-state index in [0.717, 1.165) is 37.7 Å². The van der Waals surface area contributed by atoms with Crippen molar-refractivity contribution in [3.8, 4) is 0 Å². The lowest BCUT2D eigenvalue weighted by atomic mass is 9.77. The Morgan fingerprint density at radius 1 is 1.07 bits per heavy atom. The molecule has 0 aromatic heterocycles. The number of nitrogens with one attached hydrogen (secondary N) is 1. The van der Waals surface area contributed by atoms with Crippen LogP contribution in [0.1, 0.15) is 63.0 Å². The third kappa shape index (κ3) is 3.60. The quantitative estimate of drug-likeness (QED) is 0.856. The summed E-state index contributed by atoms with van der Waals surface area (Å²) in [4.78, 5) is 14.8. The first kappa shape index (κ1) is 18.8. The molecule has 3 aliphatic rings. The van der Waals surface area contributed by atoms with E-state index in [0.29, 0.717) is 31.8 Å². The third-order valence-corrected chi connectivity index (χ3v) is 9.46. The molecule has 2 saturated carbocycles. The second-order valence-corrected chi connectivity index (χ2v) is 11.0. The number of sulfone groups is 1. The van der Waals surface area contributed by atoms with Crippen LogP contribution in [0.25, 0.3) is 0 Å². The molecule has 0 radical (unpaired) electrons. The van der Waals surface area contributed by atoms with Crippen molar-refractivity contribution in [2.75, 3.05) is 18.8 Å². The van der Waals surface area contributed by atoms with E-state index >= 15 is 0 Å². The lowest BCUT2D eigenvalue weighted by molar-refractivity contribution is 0.163. The first-order chi connectivity index (χ1) is 13.0. The lowest BCUT2D eigenvalue weighted by Crippen LogP contribution is -2.60. The van der Waals surface area contributed by atoms with Crippen LogP contribution in [0.4, 0.5) is 4.79 Å². The summed E-state index contributed by atoms with van der Waals surface area (Å²) in [6.45, 7) is 0.662. The van der Waals surface area contributed by atoms with Gasteiger partial charge in [-0.25, -0.2) is 13.2 Å². The Bertz CT molecular complexity index is 768. The number of benzene rings is 1. The van der Waals surface area contributed by atoms with Crippen LogP contribution in [0.3, 0.4) is 0 Å². The fourth-order valence-electron chi connectivity index (χ4n) is 4.94. The Labute approximate surface area is 162 Å². The molecule has 0 bridgehead atoms. The van der Waals surface area contributed by atoms with Crippen LogP contribution in [0.15, 0.2) is 30.3 Å². The molecule has 6 heteroatoms. The van der Waals surface area contributed by atoms with E-state index in [-0.39, 0.29) is 17.8 Å². The Hall–Kier alpha value is -1.56. The minimum absolute atomic E-state index is 0.0216. The normalized spacial score (nSPS) is 25.6. The maximum absolute atomic E-state index is 13.1. The Morgan fingerprint density at radius 2 is 1.78 bits per heavy atom. The molecular formula is C21H30N2O3S. The van der Waals surface area contributed by atoms with Gasteiger partial charge in [0, 0.05) is 13.1 Å². The highest BCUT2D eigenvalue weighted by Crippen LogP contribution is 2.40. The lowest BCUT2D eigenvalue weighted by Gasteiger charge is -2.45. The molecule has 1 saturated heterocycles. The third-order valence-electron chi connectivity index (χ3n) is 6.88. The van der Waals surface area contributed by atoms with Gasteiger partial charge in [-0.05, 0) is 37.2 Å². The molecule has 1 spiro atoms. The average molecular weight is 391 g/mol. The Morgan fingerprint density at radius 3 is 2.41 bits per heavy atom. The molecule has 1 atom stereocenters. The van der Waals surface area contributed by atoms with E-state index in [9.17, 15) is 13.2 Å². The number of hydrogen-bond donors (Lipinski definition) is 1. The van der Waals surface area contributed by atoms with Gasteiger partial charge in [0.2, 0.25) is 0 Å². The molecule has 5 nitrogen and oxygen atoms in total. The maximum Gasteiger partial charge on any atom is 0.317 e. The first-order valence-corrected chi connectivity index (χ1v) is 12.0. The number of carbonyl (C=O) groups excluding carboxylic acids is 1. The number of amides is 2. The molecule has 1 unspecified atom stereocenters. The van der Waals surface area contributed by atoms with Crippen molar-refractivity contribution in [2.24, 2.45) is 5.92 Å². The molecule has 4 rings (SSSR count). The molecule has 1 heterocycles. The van der Waals surface area contributed by atoms with Gasteiger partial charge in [-0.2, -0.15) is 0 Å². The largest absolute Gasteiger partial charge is 0.331 e.